The summed E-state index contributed by atoms with van der Waals surface area (Å²) in [4.78, 5) is 26.2. The molecular formula is C16H23N3O2S. The van der Waals surface area contributed by atoms with Gasteiger partial charge in [0, 0.05) is 31.9 Å². The second-order valence-electron chi connectivity index (χ2n) is 5.31. The molecule has 0 saturated carbocycles. The number of carbonyl (C=O) groups is 2. The molecule has 0 aromatic heterocycles. The number of nitrogens with zero attached hydrogens (tertiary/aromatic N) is 1. The van der Waals surface area contributed by atoms with Gasteiger partial charge >= 0.3 is 0 Å². The van der Waals surface area contributed by atoms with Crippen molar-refractivity contribution in [2.75, 3.05) is 31.6 Å². The molecule has 0 unspecified atom stereocenters. The van der Waals surface area contributed by atoms with Gasteiger partial charge in [0.15, 0.2) is 0 Å². The van der Waals surface area contributed by atoms with Crippen LogP contribution in [0.25, 0.3) is 0 Å². The maximum atomic E-state index is 12.1. The Morgan fingerprint density at radius 3 is 2.91 bits per heavy atom. The zero-order chi connectivity index (χ0) is 15.8. The molecule has 6 heteroatoms. The molecule has 5 nitrogen and oxygen atoms in total. The molecule has 0 aliphatic carbocycles. The van der Waals surface area contributed by atoms with Crippen LogP contribution in [0.4, 0.5) is 0 Å². The number of hydrogen-bond donors (Lipinski definition) is 2. The summed E-state index contributed by atoms with van der Waals surface area (Å²) in [7, 11) is 0. The molecule has 1 atom stereocenters. The highest BCUT2D eigenvalue weighted by atomic mass is 32.2. The highest BCUT2D eigenvalue weighted by Gasteiger charge is 2.31. The molecule has 0 spiro atoms. The lowest BCUT2D eigenvalue weighted by Gasteiger charge is -2.34. The number of piperazine rings is 1. The van der Waals surface area contributed by atoms with E-state index in [1.54, 1.807) is 11.8 Å². The van der Waals surface area contributed by atoms with Crippen LogP contribution in [-0.4, -0.2) is 54.4 Å². The number of nitrogens with one attached hydrogen (secondary N) is 2. The number of thioether (sulfide) groups is 1. The van der Waals surface area contributed by atoms with Gasteiger partial charge in [-0.3, -0.25) is 14.5 Å². The summed E-state index contributed by atoms with van der Waals surface area (Å²) in [5.74, 6) is 0.771. The predicted octanol–water partition coefficient (Wildman–Crippen LogP) is 0.856. The fraction of sp³-hybridized carbons (Fsp3) is 0.500. The van der Waals surface area contributed by atoms with E-state index in [-0.39, 0.29) is 24.3 Å². The Hall–Kier alpha value is -1.53. The van der Waals surface area contributed by atoms with Crippen molar-refractivity contribution in [1.29, 1.82) is 0 Å². The van der Waals surface area contributed by atoms with Crippen molar-refractivity contribution < 1.29 is 9.59 Å². The third-order valence-electron chi connectivity index (χ3n) is 3.68. The van der Waals surface area contributed by atoms with E-state index >= 15 is 0 Å². The number of amides is 2. The standard InChI is InChI=1S/C16H23N3O2S/c1-22-10-8-17-15(20)11-14-16(21)18-7-9-19(14)12-13-5-3-2-4-6-13/h2-6,14H,7-12H2,1H3,(H,17,20)(H,18,21)/t14-/m0/s1. The average molecular weight is 321 g/mol. The van der Waals surface area contributed by atoms with Crippen LogP contribution in [0.2, 0.25) is 0 Å². The van der Waals surface area contributed by atoms with Crippen molar-refractivity contribution in [1.82, 2.24) is 15.5 Å². The minimum Gasteiger partial charge on any atom is -0.355 e. The van der Waals surface area contributed by atoms with Gasteiger partial charge in [-0.25, -0.2) is 0 Å². The Bertz CT molecular complexity index is 495. The summed E-state index contributed by atoms with van der Waals surface area (Å²) in [6, 6.07) is 9.66. The predicted molar refractivity (Wildman–Crippen MR) is 89.7 cm³/mol. The second kappa shape index (κ2) is 8.80. The number of hydrogen-bond acceptors (Lipinski definition) is 4. The molecule has 1 aliphatic rings. The van der Waals surface area contributed by atoms with E-state index in [0.717, 1.165) is 17.9 Å². The van der Waals surface area contributed by atoms with Crippen molar-refractivity contribution in [3.05, 3.63) is 35.9 Å². The molecule has 2 N–H and O–H groups in total. The molecule has 22 heavy (non-hydrogen) atoms. The minimum atomic E-state index is -0.386. The number of benzene rings is 1. The lowest BCUT2D eigenvalue weighted by molar-refractivity contribution is -0.134. The Labute approximate surface area is 135 Å². The first kappa shape index (κ1) is 16.8. The Kier molecular flexibility index (Phi) is 6.74. The van der Waals surface area contributed by atoms with E-state index in [4.69, 9.17) is 0 Å². The van der Waals surface area contributed by atoms with Gasteiger partial charge in [0.25, 0.3) is 0 Å². The Balaban J connectivity index is 1.94. The van der Waals surface area contributed by atoms with E-state index in [1.807, 2.05) is 36.6 Å². The smallest absolute Gasteiger partial charge is 0.237 e. The van der Waals surface area contributed by atoms with Crippen molar-refractivity contribution in [3.63, 3.8) is 0 Å². The molecule has 1 fully saturated rings. The van der Waals surface area contributed by atoms with Crippen molar-refractivity contribution in [3.8, 4) is 0 Å². The quantitative estimate of drug-likeness (QED) is 0.731. The largest absolute Gasteiger partial charge is 0.355 e. The molecule has 1 saturated heterocycles. The molecule has 2 amide bonds. The Morgan fingerprint density at radius 2 is 2.18 bits per heavy atom. The van der Waals surface area contributed by atoms with Crippen LogP contribution in [0.3, 0.4) is 0 Å². The number of carbonyl (C=O) groups excluding carboxylic acids is 2. The van der Waals surface area contributed by atoms with Gasteiger partial charge in [0.05, 0.1) is 12.5 Å². The van der Waals surface area contributed by atoms with Crippen LogP contribution in [0.5, 0.6) is 0 Å². The summed E-state index contributed by atoms with van der Waals surface area (Å²) >= 11 is 1.69. The van der Waals surface area contributed by atoms with Crippen molar-refractivity contribution in [2.45, 2.75) is 19.0 Å². The van der Waals surface area contributed by atoms with E-state index in [1.165, 1.54) is 0 Å². The second-order valence-corrected chi connectivity index (χ2v) is 6.30. The summed E-state index contributed by atoms with van der Waals surface area (Å²) in [5.41, 5.74) is 1.16. The van der Waals surface area contributed by atoms with Gasteiger partial charge in [-0.15, -0.1) is 0 Å². The molecule has 1 aromatic carbocycles. The zero-order valence-corrected chi connectivity index (χ0v) is 13.7. The van der Waals surface area contributed by atoms with Gasteiger partial charge in [0.2, 0.25) is 11.8 Å². The SMILES string of the molecule is CSCCNC(=O)C[C@H]1C(=O)NCCN1Cc1ccccc1. The topological polar surface area (TPSA) is 61.4 Å². The third kappa shape index (κ3) is 5.03. The van der Waals surface area contributed by atoms with Crippen LogP contribution >= 0.6 is 11.8 Å². The first-order valence-corrected chi connectivity index (χ1v) is 8.91. The normalized spacial score (nSPS) is 18.8. The summed E-state index contributed by atoms with van der Waals surface area (Å²) < 4.78 is 0. The van der Waals surface area contributed by atoms with Crippen LogP contribution < -0.4 is 10.6 Å². The highest BCUT2D eigenvalue weighted by molar-refractivity contribution is 7.98. The molecule has 2 rings (SSSR count). The third-order valence-corrected chi connectivity index (χ3v) is 4.29. The van der Waals surface area contributed by atoms with E-state index in [9.17, 15) is 9.59 Å². The molecule has 1 aliphatic heterocycles. The van der Waals surface area contributed by atoms with Gasteiger partial charge in [-0.2, -0.15) is 11.8 Å². The molecule has 1 aromatic rings. The van der Waals surface area contributed by atoms with E-state index in [2.05, 4.69) is 15.5 Å². The van der Waals surface area contributed by atoms with Gasteiger partial charge in [0.1, 0.15) is 0 Å². The fourth-order valence-corrected chi connectivity index (χ4v) is 2.84. The monoisotopic (exact) mass is 321 g/mol. The van der Waals surface area contributed by atoms with Gasteiger partial charge in [-0.05, 0) is 11.8 Å². The van der Waals surface area contributed by atoms with E-state index in [0.29, 0.717) is 19.6 Å². The lowest BCUT2D eigenvalue weighted by atomic mass is 10.1. The first-order chi connectivity index (χ1) is 10.7. The number of rotatable bonds is 7. The zero-order valence-electron chi connectivity index (χ0n) is 12.9. The minimum absolute atomic E-state index is 0.0535. The maximum Gasteiger partial charge on any atom is 0.237 e. The molecule has 0 bridgehead atoms. The van der Waals surface area contributed by atoms with Crippen molar-refractivity contribution in [2.24, 2.45) is 0 Å². The molecule has 120 valence electrons. The summed E-state index contributed by atoms with van der Waals surface area (Å²) in [6.45, 7) is 2.74. The fourth-order valence-electron chi connectivity index (χ4n) is 2.53. The molecular weight excluding hydrogens is 298 g/mol. The van der Waals surface area contributed by atoms with Crippen LogP contribution in [-0.2, 0) is 16.1 Å². The van der Waals surface area contributed by atoms with Crippen molar-refractivity contribution >= 4 is 23.6 Å². The summed E-state index contributed by atoms with van der Waals surface area (Å²) in [6.07, 6.45) is 2.22. The summed E-state index contributed by atoms with van der Waals surface area (Å²) in [5, 5.41) is 5.73. The Morgan fingerprint density at radius 1 is 1.41 bits per heavy atom. The molecule has 0 radical (unpaired) electrons. The van der Waals surface area contributed by atoms with Crippen LogP contribution in [0.1, 0.15) is 12.0 Å². The van der Waals surface area contributed by atoms with Crippen LogP contribution in [0.15, 0.2) is 30.3 Å². The first-order valence-electron chi connectivity index (χ1n) is 7.52. The van der Waals surface area contributed by atoms with Crippen LogP contribution in [0, 0.1) is 0 Å². The lowest BCUT2D eigenvalue weighted by Crippen LogP contribution is -2.56. The van der Waals surface area contributed by atoms with Gasteiger partial charge < -0.3 is 10.6 Å². The van der Waals surface area contributed by atoms with E-state index < -0.39 is 0 Å². The molecule has 1 heterocycles. The average Bonchev–Trinajstić information content (AvgIpc) is 2.52. The highest BCUT2D eigenvalue weighted by Crippen LogP contribution is 2.13. The maximum absolute atomic E-state index is 12.1. The van der Waals surface area contributed by atoms with Gasteiger partial charge in [-0.1, -0.05) is 30.3 Å².